The molecule has 0 aromatic heterocycles. The molecule has 4 heteroatoms. The highest BCUT2D eigenvalue weighted by atomic mass is 16.4. The normalized spacial score (nSPS) is 11.1. The van der Waals surface area contributed by atoms with Crippen molar-refractivity contribution in [1.29, 1.82) is 0 Å². The first-order chi connectivity index (χ1) is 8.99. The molecule has 0 aliphatic rings. The fourth-order valence-corrected chi connectivity index (χ4v) is 1.52. The van der Waals surface area contributed by atoms with Crippen molar-refractivity contribution in [2.24, 2.45) is 5.92 Å². The summed E-state index contributed by atoms with van der Waals surface area (Å²) < 4.78 is 0. The molecule has 0 fully saturated rings. The third-order valence-corrected chi connectivity index (χ3v) is 2.70. The van der Waals surface area contributed by atoms with Gasteiger partial charge in [0, 0.05) is 6.42 Å². The van der Waals surface area contributed by atoms with E-state index in [9.17, 15) is 9.59 Å². The van der Waals surface area contributed by atoms with Crippen LogP contribution >= 0.6 is 0 Å². The molecule has 0 saturated carbocycles. The van der Waals surface area contributed by atoms with Gasteiger partial charge in [-0.15, -0.1) is 6.58 Å². The maximum atomic E-state index is 10.5. The summed E-state index contributed by atoms with van der Waals surface area (Å²) in [7, 11) is 0. The molecular formula is C15H28O4. The Morgan fingerprint density at radius 2 is 1.68 bits per heavy atom. The Kier molecular flexibility index (Phi) is 15.5. The largest absolute Gasteiger partial charge is 0.481 e. The number of hydrogen-bond acceptors (Lipinski definition) is 2. The molecule has 19 heavy (non-hydrogen) atoms. The van der Waals surface area contributed by atoms with E-state index in [0.717, 1.165) is 38.5 Å². The van der Waals surface area contributed by atoms with E-state index < -0.39 is 11.9 Å². The van der Waals surface area contributed by atoms with Gasteiger partial charge in [0.1, 0.15) is 0 Å². The van der Waals surface area contributed by atoms with E-state index >= 15 is 0 Å². The van der Waals surface area contributed by atoms with Gasteiger partial charge in [0.15, 0.2) is 0 Å². The molecule has 0 amide bonds. The Labute approximate surface area is 116 Å². The highest BCUT2D eigenvalue weighted by Crippen LogP contribution is 2.12. The highest BCUT2D eigenvalue weighted by Gasteiger charge is 2.13. The van der Waals surface area contributed by atoms with E-state index in [4.69, 9.17) is 10.2 Å². The van der Waals surface area contributed by atoms with Crippen LogP contribution in [0.1, 0.15) is 65.2 Å². The quantitative estimate of drug-likeness (QED) is 0.463. The van der Waals surface area contributed by atoms with Crippen molar-refractivity contribution >= 4 is 11.9 Å². The van der Waals surface area contributed by atoms with Gasteiger partial charge < -0.3 is 10.2 Å². The van der Waals surface area contributed by atoms with Gasteiger partial charge in [-0.25, -0.2) is 0 Å². The van der Waals surface area contributed by atoms with Crippen LogP contribution in [0.4, 0.5) is 0 Å². The fraction of sp³-hybridized carbons (Fsp3) is 0.733. The summed E-state index contributed by atoms with van der Waals surface area (Å²) in [5, 5.41) is 16.8. The third kappa shape index (κ3) is 16.7. The van der Waals surface area contributed by atoms with Crippen molar-refractivity contribution in [3.05, 3.63) is 12.7 Å². The number of allylic oxidation sites excluding steroid dienone is 1. The standard InChI is InChI=1S/C9H16O2.C6H12O2/c1-3-5-7-8(6-4-2)9(10)11;1-2-3-4-5-6(7)8/h4,8H,2-3,5-7H2,1H3,(H,10,11);2-5H2,1H3,(H,7,8). The van der Waals surface area contributed by atoms with Gasteiger partial charge in [-0.3, -0.25) is 9.59 Å². The van der Waals surface area contributed by atoms with E-state index in [1.807, 2.05) is 0 Å². The second-order valence-electron chi connectivity index (χ2n) is 4.55. The van der Waals surface area contributed by atoms with Crippen molar-refractivity contribution < 1.29 is 19.8 Å². The molecule has 0 aromatic rings. The highest BCUT2D eigenvalue weighted by molar-refractivity contribution is 5.70. The molecule has 0 aromatic carbocycles. The Morgan fingerprint density at radius 3 is 2.05 bits per heavy atom. The van der Waals surface area contributed by atoms with E-state index in [1.54, 1.807) is 6.08 Å². The average molecular weight is 272 g/mol. The van der Waals surface area contributed by atoms with Crippen molar-refractivity contribution in [1.82, 2.24) is 0 Å². The Morgan fingerprint density at radius 1 is 1.11 bits per heavy atom. The predicted molar refractivity (Wildman–Crippen MR) is 77.2 cm³/mol. The molecule has 0 bridgehead atoms. The number of rotatable bonds is 10. The van der Waals surface area contributed by atoms with E-state index in [-0.39, 0.29) is 5.92 Å². The van der Waals surface area contributed by atoms with Crippen LogP contribution in [0, 0.1) is 5.92 Å². The molecule has 0 radical (unpaired) electrons. The monoisotopic (exact) mass is 272 g/mol. The van der Waals surface area contributed by atoms with Crippen molar-refractivity contribution in [3.8, 4) is 0 Å². The molecule has 4 nitrogen and oxygen atoms in total. The maximum Gasteiger partial charge on any atom is 0.306 e. The summed E-state index contributed by atoms with van der Waals surface area (Å²) in [5.74, 6) is -1.59. The van der Waals surface area contributed by atoms with E-state index in [0.29, 0.717) is 12.8 Å². The van der Waals surface area contributed by atoms with Crippen LogP contribution in [0.25, 0.3) is 0 Å². The van der Waals surface area contributed by atoms with Gasteiger partial charge in [0.25, 0.3) is 0 Å². The zero-order valence-electron chi connectivity index (χ0n) is 12.2. The van der Waals surface area contributed by atoms with E-state index in [1.165, 1.54) is 0 Å². The number of carboxylic acid groups (broad SMARTS) is 2. The van der Waals surface area contributed by atoms with Crippen LogP contribution in [0.5, 0.6) is 0 Å². The molecule has 0 saturated heterocycles. The third-order valence-electron chi connectivity index (χ3n) is 2.70. The molecule has 1 atom stereocenters. The molecule has 0 aliphatic heterocycles. The lowest BCUT2D eigenvalue weighted by Crippen LogP contribution is -2.12. The molecule has 2 N–H and O–H groups in total. The zero-order valence-corrected chi connectivity index (χ0v) is 12.2. The topological polar surface area (TPSA) is 74.6 Å². The molecule has 0 spiro atoms. The summed E-state index contributed by atoms with van der Waals surface area (Å²) in [6.07, 6.45) is 8.37. The molecule has 1 unspecified atom stereocenters. The van der Waals surface area contributed by atoms with Crippen LogP contribution in [0.2, 0.25) is 0 Å². The fourth-order valence-electron chi connectivity index (χ4n) is 1.52. The maximum absolute atomic E-state index is 10.5. The zero-order chi connectivity index (χ0) is 15.1. The summed E-state index contributed by atoms with van der Waals surface area (Å²) in [6.45, 7) is 7.65. The van der Waals surface area contributed by atoms with Crippen LogP contribution < -0.4 is 0 Å². The molecule has 0 rings (SSSR count). The summed E-state index contributed by atoms with van der Waals surface area (Å²) >= 11 is 0. The first kappa shape index (κ1) is 20.0. The van der Waals surface area contributed by atoms with Gasteiger partial charge in [-0.05, 0) is 19.3 Å². The molecular weight excluding hydrogens is 244 g/mol. The SMILES string of the molecule is C=CCC(CCCC)C(=O)O.CCCCCC(=O)O. The molecule has 0 heterocycles. The van der Waals surface area contributed by atoms with Gasteiger partial charge >= 0.3 is 11.9 Å². The van der Waals surface area contributed by atoms with Gasteiger partial charge in [-0.2, -0.15) is 0 Å². The second-order valence-corrected chi connectivity index (χ2v) is 4.55. The number of carboxylic acids is 2. The van der Waals surface area contributed by atoms with Crippen LogP contribution in [-0.4, -0.2) is 22.2 Å². The number of unbranched alkanes of at least 4 members (excludes halogenated alkanes) is 3. The number of aliphatic carboxylic acids is 2. The minimum atomic E-state index is -0.696. The molecule has 0 aliphatic carbocycles. The lowest BCUT2D eigenvalue weighted by atomic mass is 9.99. The van der Waals surface area contributed by atoms with Crippen molar-refractivity contribution in [3.63, 3.8) is 0 Å². The van der Waals surface area contributed by atoms with Gasteiger partial charge in [-0.1, -0.05) is 45.6 Å². The van der Waals surface area contributed by atoms with Gasteiger partial charge in [0.2, 0.25) is 0 Å². The minimum absolute atomic E-state index is 0.215. The lowest BCUT2D eigenvalue weighted by molar-refractivity contribution is -0.142. The summed E-state index contributed by atoms with van der Waals surface area (Å²) in [4.78, 5) is 20.4. The predicted octanol–water partition coefficient (Wildman–Crippen LogP) is 4.10. The van der Waals surface area contributed by atoms with E-state index in [2.05, 4.69) is 20.4 Å². The molecule has 112 valence electrons. The van der Waals surface area contributed by atoms with Crippen LogP contribution in [0.15, 0.2) is 12.7 Å². The second kappa shape index (κ2) is 14.7. The van der Waals surface area contributed by atoms with Crippen LogP contribution in [0.3, 0.4) is 0 Å². The summed E-state index contributed by atoms with van der Waals surface area (Å²) in [5.41, 5.74) is 0. The Balaban J connectivity index is 0. The van der Waals surface area contributed by atoms with Crippen molar-refractivity contribution in [2.75, 3.05) is 0 Å². The van der Waals surface area contributed by atoms with Crippen LogP contribution in [-0.2, 0) is 9.59 Å². The minimum Gasteiger partial charge on any atom is -0.481 e. The first-order valence-electron chi connectivity index (χ1n) is 7.04. The number of hydrogen-bond donors (Lipinski definition) is 2. The Hall–Kier alpha value is -1.32. The average Bonchev–Trinajstić information content (AvgIpc) is 2.35. The Bertz CT molecular complexity index is 249. The number of carbonyl (C=O) groups is 2. The van der Waals surface area contributed by atoms with Crippen molar-refractivity contribution in [2.45, 2.75) is 65.2 Å². The summed E-state index contributed by atoms with van der Waals surface area (Å²) in [6, 6.07) is 0. The first-order valence-corrected chi connectivity index (χ1v) is 7.04. The smallest absolute Gasteiger partial charge is 0.306 e. The lowest BCUT2D eigenvalue weighted by Gasteiger charge is -2.07. The van der Waals surface area contributed by atoms with Gasteiger partial charge in [0.05, 0.1) is 5.92 Å².